The van der Waals surface area contributed by atoms with Crippen molar-refractivity contribution in [3.05, 3.63) is 63.8 Å². The van der Waals surface area contributed by atoms with E-state index in [1.807, 2.05) is 49.4 Å². The summed E-state index contributed by atoms with van der Waals surface area (Å²) in [6.07, 6.45) is 0. The van der Waals surface area contributed by atoms with Crippen LogP contribution >= 0.6 is 39.0 Å². The smallest absolute Gasteiger partial charge is 0.235 e. The van der Waals surface area contributed by atoms with Crippen molar-refractivity contribution < 1.29 is 9.53 Å². The molecule has 1 N–H and O–H groups in total. The molecule has 0 saturated carbocycles. The molecule has 1 amide bonds. The number of fused-ring (bicyclic) bond motifs is 2. The minimum atomic E-state index is -0.102. The number of hydrogen-bond donors (Lipinski definition) is 1. The number of ether oxygens (including phenoxy) is 1. The zero-order chi connectivity index (χ0) is 20.8. The molecule has 0 fully saturated rings. The topological polar surface area (TPSA) is 69.0 Å². The molecule has 2 aromatic heterocycles. The maximum Gasteiger partial charge on any atom is 0.235 e. The van der Waals surface area contributed by atoms with Crippen LogP contribution in [0.2, 0.25) is 0 Å². The molecule has 5 rings (SSSR count). The van der Waals surface area contributed by atoms with Crippen LogP contribution in [-0.4, -0.2) is 33.5 Å². The number of carbonyl (C=O) groups is 1. The molecule has 4 aromatic rings. The zero-order valence-corrected chi connectivity index (χ0v) is 19.4. The summed E-state index contributed by atoms with van der Waals surface area (Å²) in [4.78, 5) is 17.3. The van der Waals surface area contributed by atoms with Gasteiger partial charge in [-0.05, 0) is 37.3 Å². The van der Waals surface area contributed by atoms with Gasteiger partial charge in [-0.25, -0.2) is 4.98 Å². The van der Waals surface area contributed by atoms with Gasteiger partial charge in [0, 0.05) is 15.6 Å². The number of nitrogens with zero attached hydrogens (tertiary/aromatic N) is 3. The number of nitrogens with one attached hydrogen (secondary N) is 1. The molecule has 0 spiro atoms. The van der Waals surface area contributed by atoms with Gasteiger partial charge in [0.25, 0.3) is 0 Å². The monoisotopic (exact) mass is 500 g/mol. The normalized spacial score (nSPS) is 16.2. The summed E-state index contributed by atoms with van der Waals surface area (Å²) in [6, 6.07) is 13.9. The van der Waals surface area contributed by atoms with Crippen molar-refractivity contribution in [3.63, 3.8) is 0 Å². The fourth-order valence-electron chi connectivity index (χ4n) is 3.63. The number of benzene rings is 2. The molecule has 3 heterocycles. The molecule has 1 aliphatic heterocycles. The van der Waals surface area contributed by atoms with Crippen molar-refractivity contribution in [3.8, 4) is 10.9 Å². The molecule has 2 aromatic carbocycles. The van der Waals surface area contributed by atoms with Gasteiger partial charge in [-0.15, -0.1) is 11.8 Å². The Bertz CT molecular complexity index is 1250. The summed E-state index contributed by atoms with van der Waals surface area (Å²) in [5, 5.41) is 8.46. The molecule has 0 radical (unpaired) electrons. The highest BCUT2D eigenvalue weighted by Crippen LogP contribution is 2.47. The largest absolute Gasteiger partial charge is 0.496 e. The van der Waals surface area contributed by atoms with Gasteiger partial charge in [0.1, 0.15) is 11.6 Å². The van der Waals surface area contributed by atoms with Gasteiger partial charge in [-0.3, -0.25) is 4.79 Å². The highest BCUT2D eigenvalue weighted by Gasteiger charge is 2.33. The third-order valence-corrected chi connectivity index (χ3v) is 7.70. The lowest BCUT2D eigenvalue weighted by molar-refractivity contribution is -0.113. The van der Waals surface area contributed by atoms with E-state index in [2.05, 4.69) is 21.2 Å². The van der Waals surface area contributed by atoms with Crippen LogP contribution in [0.25, 0.3) is 15.3 Å². The van der Waals surface area contributed by atoms with Crippen molar-refractivity contribution in [2.75, 3.05) is 18.2 Å². The first-order valence-electron chi connectivity index (χ1n) is 9.25. The predicted molar refractivity (Wildman–Crippen MR) is 125 cm³/mol. The van der Waals surface area contributed by atoms with Crippen LogP contribution in [0.4, 0.5) is 5.82 Å². The summed E-state index contributed by atoms with van der Waals surface area (Å²) < 4.78 is 9.43. The second kappa shape index (κ2) is 7.72. The quantitative estimate of drug-likeness (QED) is 0.411. The third kappa shape index (κ3) is 3.30. The highest BCUT2D eigenvalue weighted by atomic mass is 79.9. The molecule has 9 heteroatoms. The fraction of sp³-hybridized carbons (Fsp3) is 0.190. The first-order chi connectivity index (χ1) is 14.5. The molecular formula is C21H17BrN4O2S2. The summed E-state index contributed by atoms with van der Waals surface area (Å²) in [6.45, 7) is 1.97. The average Bonchev–Trinajstić information content (AvgIpc) is 3.24. The number of thiazole rings is 1. The Balaban J connectivity index is 1.71. The van der Waals surface area contributed by atoms with E-state index in [1.165, 1.54) is 0 Å². The van der Waals surface area contributed by atoms with E-state index in [0.717, 1.165) is 42.4 Å². The average molecular weight is 501 g/mol. The second-order valence-electron chi connectivity index (χ2n) is 6.85. The molecule has 1 atom stereocenters. The van der Waals surface area contributed by atoms with Crippen molar-refractivity contribution >= 4 is 61.0 Å². The van der Waals surface area contributed by atoms with Crippen molar-refractivity contribution in [1.29, 1.82) is 0 Å². The first-order valence-corrected chi connectivity index (χ1v) is 11.9. The number of hydrogen-bond acceptors (Lipinski definition) is 6. The maximum absolute atomic E-state index is 12.6. The van der Waals surface area contributed by atoms with Gasteiger partial charge >= 0.3 is 0 Å². The number of carbonyl (C=O) groups excluding carboxylic acids is 1. The summed E-state index contributed by atoms with van der Waals surface area (Å²) >= 11 is 6.69. The first kappa shape index (κ1) is 19.6. The van der Waals surface area contributed by atoms with Gasteiger partial charge in [0.2, 0.25) is 11.0 Å². The molecule has 6 nitrogen and oxygen atoms in total. The van der Waals surface area contributed by atoms with Crippen LogP contribution in [-0.2, 0) is 4.79 Å². The van der Waals surface area contributed by atoms with Crippen molar-refractivity contribution in [2.45, 2.75) is 12.2 Å². The van der Waals surface area contributed by atoms with Gasteiger partial charge in [-0.2, -0.15) is 9.78 Å². The standard InChI is InChI=1S/C21H17BrN4O2S2/c1-11-18-19(13-9-12(22)7-8-15(13)28-2)29-10-17(27)24-20(18)26(25-11)21-23-14-5-3-4-6-16(14)30-21/h3-9,19H,10H2,1-2H3,(H,24,27). The molecular weight excluding hydrogens is 484 g/mol. The fourth-order valence-corrected chi connectivity index (χ4v) is 6.13. The molecule has 1 aliphatic rings. The molecule has 30 heavy (non-hydrogen) atoms. The van der Waals surface area contributed by atoms with Crippen LogP contribution in [0.1, 0.15) is 22.1 Å². The Morgan fingerprint density at radius 2 is 2.10 bits per heavy atom. The number of aryl methyl sites for hydroxylation is 1. The van der Waals surface area contributed by atoms with E-state index in [-0.39, 0.29) is 11.2 Å². The Hall–Kier alpha value is -2.36. The van der Waals surface area contributed by atoms with Gasteiger partial charge < -0.3 is 10.1 Å². The number of methoxy groups -OCH3 is 1. The number of aromatic nitrogens is 3. The lowest BCUT2D eigenvalue weighted by atomic mass is 10.0. The Labute approximate surface area is 189 Å². The number of rotatable bonds is 3. The SMILES string of the molecule is COc1ccc(Br)cc1C1SCC(=O)Nc2c1c(C)nn2-c1nc2ccccc2s1. The van der Waals surface area contributed by atoms with E-state index in [1.54, 1.807) is 34.9 Å². The van der Waals surface area contributed by atoms with E-state index >= 15 is 0 Å². The summed E-state index contributed by atoms with van der Waals surface area (Å²) in [7, 11) is 1.66. The molecule has 0 bridgehead atoms. The number of halogens is 1. The Morgan fingerprint density at radius 1 is 1.27 bits per heavy atom. The number of amides is 1. The van der Waals surface area contributed by atoms with Gasteiger partial charge in [0.15, 0.2) is 0 Å². The third-order valence-electron chi connectivity index (χ3n) is 4.95. The molecule has 152 valence electrons. The van der Waals surface area contributed by atoms with Crippen molar-refractivity contribution in [1.82, 2.24) is 14.8 Å². The number of thioether (sulfide) groups is 1. The van der Waals surface area contributed by atoms with E-state index < -0.39 is 0 Å². The van der Waals surface area contributed by atoms with Crippen molar-refractivity contribution in [2.24, 2.45) is 0 Å². The number of para-hydroxylation sites is 1. The summed E-state index contributed by atoms with van der Waals surface area (Å²) in [5.74, 6) is 1.74. The minimum Gasteiger partial charge on any atom is -0.496 e. The van der Waals surface area contributed by atoms with Gasteiger partial charge in [0.05, 0.1) is 34.0 Å². The molecule has 0 aliphatic carbocycles. The van der Waals surface area contributed by atoms with Crippen LogP contribution < -0.4 is 10.1 Å². The van der Waals surface area contributed by atoms with Crippen LogP contribution in [0.5, 0.6) is 5.75 Å². The molecule has 0 saturated heterocycles. The molecule has 1 unspecified atom stereocenters. The van der Waals surface area contributed by atoms with E-state index in [9.17, 15) is 4.79 Å². The Morgan fingerprint density at radius 3 is 2.90 bits per heavy atom. The highest BCUT2D eigenvalue weighted by molar-refractivity contribution is 9.10. The Kier molecular flexibility index (Phi) is 5.04. The van der Waals surface area contributed by atoms with Crippen LogP contribution in [0, 0.1) is 6.92 Å². The van der Waals surface area contributed by atoms with Crippen LogP contribution in [0.3, 0.4) is 0 Å². The minimum absolute atomic E-state index is 0.0556. The maximum atomic E-state index is 12.6. The zero-order valence-electron chi connectivity index (χ0n) is 16.2. The number of anilines is 1. The van der Waals surface area contributed by atoms with Gasteiger partial charge in [-0.1, -0.05) is 39.4 Å². The lowest BCUT2D eigenvalue weighted by Crippen LogP contribution is -2.15. The second-order valence-corrected chi connectivity index (χ2v) is 9.87. The van der Waals surface area contributed by atoms with E-state index in [4.69, 9.17) is 14.8 Å². The predicted octanol–water partition coefficient (Wildman–Crippen LogP) is 5.34. The van der Waals surface area contributed by atoms with E-state index in [0.29, 0.717) is 11.6 Å². The lowest BCUT2D eigenvalue weighted by Gasteiger charge is -2.18. The summed E-state index contributed by atoms with van der Waals surface area (Å²) in [5.41, 5.74) is 3.74. The van der Waals surface area contributed by atoms with Crippen LogP contribution in [0.15, 0.2) is 46.9 Å².